The van der Waals surface area contributed by atoms with Gasteiger partial charge in [-0.3, -0.25) is 4.90 Å². The van der Waals surface area contributed by atoms with Gasteiger partial charge in [-0.15, -0.1) is 0 Å². The highest BCUT2D eigenvalue weighted by molar-refractivity contribution is 4.87. The van der Waals surface area contributed by atoms with E-state index >= 15 is 0 Å². The van der Waals surface area contributed by atoms with Crippen LogP contribution in [-0.4, -0.2) is 29.7 Å². The van der Waals surface area contributed by atoms with E-state index in [2.05, 4.69) is 25.7 Å². The third-order valence-electron chi connectivity index (χ3n) is 2.42. The van der Waals surface area contributed by atoms with E-state index in [1.165, 1.54) is 0 Å². The van der Waals surface area contributed by atoms with E-state index in [1.807, 2.05) is 0 Å². The van der Waals surface area contributed by atoms with Crippen LogP contribution in [-0.2, 0) is 0 Å². The largest absolute Gasteiger partial charge is 0.293 e. The van der Waals surface area contributed by atoms with Crippen LogP contribution >= 0.6 is 0 Å². The monoisotopic (exact) mass is 159 g/mol. The van der Waals surface area contributed by atoms with Crippen molar-refractivity contribution in [3.63, 3.8) is 0 Å². The van der Waals surface area contributed by atoms with Crippen LogP contribution in [0.1, 0.15) is 33.6 Å². The Labute approximate surface area is 68.6 Å². The first-order chi connectivity index (χ1) is 5.05. The first-order valence-electron chi connectivity index (χ1n) is 4.38. The molecule has 0 saturated carbocycles. The SMILES string of the molecule is CC(C)(C)N1CCC[C@H]1CF. The zero-order valence-corrected chi connectivity index (χ0v) is 7.73. The summed E-state index contributed by atoms with van der Waals surface area (Å²) in [5.41, 5.74) is 0.146. The number of halogens is 1. The standard InChI is InChI=1S/C9H18FN/c1-9(2,3)11-6-4-5-8(11)7-10/h8H,4-7H2,1-3H3/t8-/m0/s1. The number of nitrogens with zero attached hydrogens (tertiary/aromatic N) is 1. The van der Waals surface area contributed by atoms with E-state index in [4.69, 9.17) is 0 Å². The number of likely N-dealkylation sites (tertiary alicyclic amines) is 1. The molecule has 1 nitrogen and oxygen atoms in total. The Morgan fingerprint density at radius 1 is 1.45 bits per heavy atom. The predicted molar refractivity (Wildman–Crippen MR) is 45.5 cm³/mol. The number of alkyl halides is 1. The highest BCUT2D eigenvalue weighted by Gasteiger charge is 2.32. The van der Waals surface area contributed by atoms with Crippen LogP contribution < -0.4 is 0 Å². The Kier molecular flexibility index (Phi) is 2.53. The topological polar surface area (TPSA) is 3.24 Å². The van der Waals surface area contributed by atoms with Crippen molar-refractivity contribution in [2.45, 2.75) is 45.2 Å². The molecule has 66 valence electrons. The van der Waals surface area contributed by atoms with Crippen molar-refractivity contribution in [2.24, 2.45) is 0 Å². The first kappa shape index (κ1) is 8.98. The van der Waals surface area contributed by atoms with Gasteiger partial charge in [0, 0.05) is 11.6 Å². The molecule has 0 spiro atoms. The molecule has 1 aliphatic heterocycles. The van der Waals surface area contributed by atoms with Gasteiger partial charge in [0.05, 0.1) is 0 Å². The molecule has 11 heavy (non-hydrogen) atoms. The molecule has 1 atom stereocenters. The Hall–Kier alpha value is -0.110. The Morgan fingerprint density at radius 3 is 2.45 bits per heavy atom. The average molecular weight is 159 g/mol. The summed E-state index contributed by atoms with van der Waals surface area (Å²) in [7, 11) is 0. The smallest absolute Gasteiger partial charge is 0.105 e. The van der Waals surface area contributed by atoms with Gasteiger partial charge in [-0.1, -0.05) is 0 Å². The van der Waals surface area contributed by atoms with Crippen LogP contribution in [0.25, 0.3) is 0 Å². The van der Waals surface area contributed by atoms with E-state index in [0.29, 0.717) is 0 Å². The van der Waals surface area contributed by atoms with Crippen molar-refractivity contribution >= 4 is 0 Å². The number of hydrogen-bond acceptors (Lipinski definition) is 1. The Balaban J connectivity index is 2.57. The molecule has 0 N–H and O–H groups in total. The minimum atomic E-state index is -0.183. The molecule has 1 rings (SSSR count). The molecule has 1 saturated heterocycles. The Bertz CT molecular complexity index is 128. The van der Waals surface area contributed by atoms with E-state index in [1.54, 1.807) is 0 Å². The van der Waals surface area contributed by atoms with Crippen LogP contribution in [0.4, 0.5) is 4.39 Å². The van der Waals surface area contributed by atoms with Crippen LogP contribution in [0.5, 0.6) is 0 Å². The molecule has 0 radical (unpaired) electrons. The fourth-order valence-electron chi connectivity index (χ4n) is 1.88. The summed E-state index contributed by atoms with van der Waals surface area (Å²) in [5, 5.41) is 0. The minimum Gasteiger partial charge on any atom is -0.293 e. The van der Waals surface area contributed by atoms with Crippen LogP contribution in [0.2, 0.25) is 0 Å². The van der Waals surface area contributed by atoms with Gasteiger partial charge in [-0.05, 0) is 40.2 Å². The quantitative estimate of drug-likeness (QED) is 0.567. The van der Waals surface area contributed by atoms with E-state index < -0.39 is 0 Å². The van der Waals surface area contributed by atoms with E-state index in [0.717, 1.165) is 19.4 Å². The summed E-state index contributed by atoms with van der Waals surface area (Å²) >= 11 is 0. The molecule has 1 heterocycles. The highest BCUT2D eigenvalue weighted by Crippen LogP contribution is 2.26. The molecule has 0 aromatic rings. The molecule has 0 unspecified atom stereocenters. The summed E-state index contributed by atoms with van der Waals surface area (Å²) < 4.78 is 12.4. The molecule has 0 aromatic heterocycles. The van der Waals surface area contributed by atoms with Gasteiger partial charge in [0.25, 0.3) is 0 Å². The Morgan fingerprint density at radius 2 is 2.09 bits per heavy atom. The molecular formula is C9H18FN. The average Bonchev–Trinajstić information content (AvgIpc) is 2.31. The zero-order chi connectivity index (χ0) is 8.48. The van der Waals surface area contributed by atoms with Gasteiger partial charge in [-0.25, -0.2) is 4.39 Å². The lowest BCUT2D eigenvalue weighted by atomic mass is 10.1. The second-order valence-electron chi connectivity index (χ2n) is 4.31. The second-order valence-corrected chi connectivity index (χ2v) is 4.31. The lowest BCUT2D eigenvalue weighted by molar-refractivity contribution is 0.105. The molecule has 1 aliphatic rings. The van der Waals surface area contributed by atoms with Gasteiger partial charge in [-0.2, -0.15) is 0 Å². The molecule has 2 heteroatoms. The number of rotatable bonds is 1. The van der Waals surface area contributed by atoms with Gasteiger partial charge in [0.1, 0.15) is 6.67 Å². The van der Waals surface area contributed by atoms with Crippen molar-refractivity contribution in [2.75, 3.05) is 13.2 Å². The molecule has 0 aromatic carbocycles. The third-order valence-corrected chi connectivity index (χ3v) is 2.42. The van der Waals surface area contributed by atoms with Gasteiger partial charge in [0.2, 0.25) is 0 Å². The van der Waals surface area contributed by atoms with Crippen LogP contribution in [0.3, 0.4) is 0 Å². The normalized spacial score (nSPS) is 27.8. The van der Waals surface area contributed by atoms with Crippen LogP contribution in [0.15, 0.2) is 0 Å². The summed E-state index contributed by atoms with van der Waals surface area (Å²) in [4.78, 5) is 2.27. The van der Waals surface area contributed by atoms with Crippen molar-refractivity contribution in [1.82, 2.24) is 4.90 Å². The predicted octanol–water partition coefficient (Wildman–Crippen LogP) is 2.22. The van der Waals surface area contributed by atoms with Gasteiger partial charge in [0.15, 0.2) is 0 Å². The van der Waals surface area contributed by atoms with Gasteiger partial charge < -0.3 is 0 Å². The maximum atomic E-state index is 12.4. The fraction of sp³-hybridized carbons (Fsp3) is 1.00. The summed E-state index contributed by atoms with van der Waals surface area (Å²) in [6, 6.07) is 0.190. The summed E-state index contributed by atoms with van der Waals surface area (Å²) in [5.74, 6) is 0. The minimum absolute atomic E-state index is 0.146. The summed E-state index contributed by atoms with van der Waals surface area (Å²) in [6.07, 6.45) is 2.19. The highest BCUT2D eigenvalue weighted by atomic mass is 19.1. The van der Waals surface area contributed by atoms with Crippen molar-refractivity contribution < 1.29 is 4.39 Å². The lowest BCUT2D eigenvalue weighted by Crippen LogP contribution is -2.45. The van der Waals surface area contributed by atoms with Gasteiger partial charge >= 0.3 is 0 Å². The second kappa shape index (κ2) is 3.10. The maximum Gasteiger partial charge on any atom is 0.105 e. The van der Waals surface area contributed by atoms with E-state index in [9.17, 15) is 4.39 Å². The molecule has 1 fully saturated rings. The van der Waals surface area contributed by atoms with Crippen molar-refractivity contribution in [3.05, 3.63) is 0 Å². The third kappa shape index (κ3) is 1.92. The molecular weight excluding hydrogens is 141 g/mol. The van der Waals surface area contributed by atoms with Crippen molar-refractivity contribution in [1.29, 1.82) is 0 Å². The fourth-order valence-corrected chi connectivity index (χ4v) is 1.88. The maximum absolute atomic E-state index is 12.4. The summed E-state index contributed by atoms with van der Waals surface area (Å²) in [6.45, 7) is 7.35. The van der Waals surface area contributed by atoms with Crippen molar-refractivity contribution in [3.8, 4) is 0 Å². The lowest BCUT2D eigenvalue weighted by Gasteiger charge is -2.35. The molecule has 0 aliphatic carbocycles. The zero-order valence-electron chi connectivity index (χ0n) is 7.73. The first-order valence-corrected chi connectivity index (χ1v) is 4.38. The van der Waals surface area contributed by atoms with Crippen LogP contribution in [0, 0.1) is 0 Å². The molecule has 0 bridgehead atoms. The number of hydrogen-bond donors (Lipinski definition) is 0. The molecule has 0 amide bonds. The van der Waals surface area contributed by atoms with E-state index in [-0.39, 0.29) is 18.3 Å².